The van der Waals surface area contributed by atoms with Crippen LogP contribution in [0.1, 0.15) is 52.9 Å². The van der Waals surface area contributed by atoms with Crippen molar-refractivity contribution in [3.8, 4) is 0 Å². The van der Waals surface area contributed by atoms with Gasteiger partial charge in [-0.15, -0.1) is 0 Å². The van der Waals surface area contributed by atoms with Crippen LogP contribution in [0.5, 0.6) is 0 Å². The van der Waals surface area contributed by atoms with Gasteiger partial charge in [-0.3, -0.25) is 4.79 Å². The zero-order valence-electron chi connectivity index (χ0n) is 10.0. The molecule has 1 fully saturated rings. The highest BCUT2D eigenvalue weighted by atomic mass is 16.3. The molecule has 0 radical (unpaired) electrons. The van der Waals surface area contributed by atoms with Crippen LogP contribution in [0.15, 0.2) is 0 Å². The quantitative estimate of drug-likeness (QED) is 0.751. The van der Waals surface area contributed by atoms with Crippen LogP contribution in [0, 0.1) is 5.41 Å². The summed E-state index contributed by atoms with van der Waals surface area (Å²) in [7, 11) is 0. The second-order valence-corrected chi connectivity index (χ2v) is 5.73. The lowest BCUT2D eigenvalue weighted by atomic mass is 9.90. The molecule has 88 valence electrons. The molecule has 2 N–H and O–H groups in total. The van der Waals surface area contributed by atoms with Crippen molar-refractivity contribution in [3.05, 3.63) is 0 Å². The molecule has 1 aliphatic carbocycles. The summed E-state index contributed by atoms with van der Waals surface area (Å²) in [5, 5.41) is 12.5. The topological polar surface area (TPSA) is 49.3 Å². The van der Waals surface area contributed by atoms with Crippen molar-refractivity contribution in [1.29, 1.82) is 0 Å². The van der Waals surface area contributed by atoms with Gasteiger partial charge in [-0.25, -0.2) is 0 Å². The summed E-state index contributed by atoms with van der Waals surface area (Å²) in [5.74, 6) is 0.0795. The summed E-state index contributed by atoms with van der Waals surface area (Å²) in [6.07, 6.45) is 3.88. The van der Waals surface area contributed by atoms with Crippen molar-refractivity contribution in [3.63, 3.8) is 0 Å². The smallest absolute Gasteiger partial charge is 0.220 e. The Labute approximate surface area is 92.3 Å². The molecule has 1 aliphatic rings. The molecule has 0 spiro atoms. The van der Waals surface area contributed by atoms with Crippen LogP contribution in [-0.4, -0.2) is 23.2 Å². The number of carbonyl (C=O) groups excluding carboxylic acids is 1. The maximum Gasteiger partial charge on any atom is 0.220 e. The zero-order valence-corrected chi connectivity index (χ0v) is 10.0. The molecule has 0 saturated heterocycles. The minimum Gasteiger partial charge on any atom is -0.391 e. The second kappa shape index (κ2) is 4.97. The summed E-state index contributed by atoms with van der Waals surface area (Å²) < 4.78 is 0. The lowest BCUT2D eigenvalue weighted by molar-refractivity contribution is -0.122. The number of aliphatic hydroxyl groups is 1. The molecule has 3 heteroatoms. The highest BCUT2D eigenvalue weighted by Crippen LogP contribution is 2.22. The minimum atomic E-state index is -0.330. The van der Waals surface area contributed by atoms with Crippen LogP contribution in [-0.2, 0) is 4.79 Å². The Bertz CT molecular complexity index is 220. The molecule has 1 saturated carbocycles. The average Bonchev–Trinajstić information content (AvgIpc) is 2.47. The van der Waals surface area contributed by atoms with Crippen molar-refractivity contribution >= 4 is 5.91 Å². The standard InChI is InChI=1S/C12H23NO2/c1-12(2,3)8-7-11(15)13-9-5-4-6-10(9)14/h9-10,14H,4-8H2,1-3H3,(H,13,15). The van der Waals surface area contributed by atoms with Gasteiger partial charge in [0.2, 0.25) is 5.91 Å². The normalized spacial score (nSPS) is 26.7. The van der Waals surface area contributed by atoms with Gasteiger partial charge in [0.15, 0.2) is 0 Å². The number of carbonyl (C=O) groups is 1. The first-order chi connectivity index (χ1) is 6.88. The number of hydrogen-bond donors (Lipinski definition) is 2. The van der Waals surface area contributed by atoms with Crippen LogP contribution in [0.2, 0.25) is 0 Å². The average molecular weight is 213 g/mol. The van der Waals surface area contributed by atoms with E-state index < -0.39 is 0 Å². The fraction of sp³-hybridized carbons (Fsp3) is 0.917. The van der Waals surface area contributed by atoms with E-state index in [9.17, 15) is 9.90 Å². The molecule has 0 heterocycles. The number of hydrogen-bond acceptors (Lipinski definition) is 2. The molecular weight excluding hydrogens is 190 g/mol. The third-order valence-electron chi connectivity index (χ3n) is 2.93. The summed E-state index contributed by atoms with van der Waals surface area (Å²) in [6.45, 7) is 6.39. The molecule has 0 aliphatic heterocycles. The Morgan fingerprint density at radius 2 is 2.07 bits per heavy atom. The molecule has 0 bridgehead atoms. The number of rotatable bonds is 3. The van der Waals surface area contributed by atoms with Gasteiger partial charge in [-0.2, -0.15) is 0 Å². The SMILES string of the molecule is CC(C)(C)CCC(=O)NC1CCCC1O. The molecule has 0 aromatic heterocycles. The van der Waals surface area contributed by atoms with Gasteiger partial charge in [0.05, 0.1) is 12.1 Å². The lowest BCUT2D eigenvalue weighted by Gasteiger charge is -2.20. The molecule has 1 rings (SSSR count). The van der Waals surface area contributed by atoms with Crippen molar-refractivity contribution < 1.29 is 9.90 Å². The highest BCUT2D eigenvalue weighted by Gasteiger charge is 2.26. The van der Waals surface area contributed by atoms with Crippen LogP contribution in [0.4, 0.5) is 0 Å². The fourth-order valence-corrected chi connectivity index (χ4v) is 1.88. The Hall–Kier alpha value is -0.570. The highest BCUT2D eigenvalue weighted by molar-refractivity contribution is 5.76. The predicted molar refractivity (Wildman–Crippen MR) is 60.5 cm³/mol. The first-order valence-electron chi connectivity index (χ1n) is 5.86. The van der Waals surface area contributed by atoms with Gasteiger partial charge in [0.1, 0.15) is 0 Å². The maximum atomic E-state index is 11.6. The van der Waals surface area contributed by atoms with Gasteiger partial charge < -0.3 is 10.4 Å². The number of aliphatic hydroxyl groups excluding tert-OH is 1. The van der Waals surface area contributed by atoms with Crippen molar-refractivity contribution in [1.82, 2.24) is 5.32 Å². The van der Waals surface area contributed by atoms with Gasteiger partial charge in [-0.1, -0.05) is 20.8 Å². The van der Waals surface area contributed by atoms with E-state index in [2.05, 4.69) is 26.1 Å². The molecule has 0 aromatic carbocycles. The first kappa shape index (κ1) is 12.5. The van der Waals surface area contributed by atoms with Crippen LogP contribution >= 0.6 is 0 Å². The van der Waals surface area contributed by atoms with Gasteiger partial charge in [-0.05, 0) is 31.1 Å². The molecule has 2 atom stereocenters. The van der Waals surface area contributed by atoms with Crippen molar-refractivity contribution in [2.24, 2.45) is 5.41 Å². The number of nitrogens with one attached hydrogen (secondary N) is 1. The largest absolute Gasteiger partial charge is 0.391 e. The van der Waals surface area contributed by atoms with E-state index in [0.717, 1.165) is 25.7 Å². The summed E-state index contributed by atoms with van der Waals surface area (Å²) in [4.78, 5) is 11.6. The molecule has 15 heavy (non-hydrogen) atoms. The summed E-state index contributed by atoms with van der Waals surface area (Å²) >= 11 is 0. The van der Waals surface area contributed by atoms with Crippen molar-refractivity contribution in [2.75, 3.05) is 0 Å². The zero-order chi connectivity index (χ0) is 11.5. The molecule has 2 unspecified atom stereocenters. The van der Waals surface area contributed by atoms with Crippen molar-refractivity contribution in [2.45, 2.75) is 65.0 Å². The predicted octanol–water partition coefficient (Wildman–Crippen LogP) is 1.84. The first-order valence-corrected chi connectivity index (χ1v) is 5.86. The Morgan fingerprint density at radius 3 is 2.53 bits per heavy atom. The van der Waals surface area contributed by atoms with Crippen LogP contribution in [0.25, 0.3) is 0 Å². The third kappa shape index (κ3) is 4.65. The van der Waals surface area contributed by atoms with E-state index >= 15 is 0 Å². The van der Waals surface area contributed by atoms with E-state index in [1.54, 1.807) is 0 Å². The monoisotopic (exact) mass is 213 g/mol. The molecule has 1 amide bonds. The van der Waals surface area contributed by atoms with Gasteiger partial charge in [0.25, 0.3) is 0 Å². The molecule has 0 aromatic rings. The van der Waals surface area contributed by atoms with Gasteiger partial charge in [0, 0.05) is 6.42 Å². The Morgan fingerprint density at radius 1 is 1.40 bits per heavy atom. The Kier molecular flexibility index (Phi) is 4.14. The van der Waals surface area contributed by atoms with E-state index in [1.807, 2.05) is 0 Å². The van der Waals surface area contributed by atoms with E-state index in [-0.39, 0.29) is 23.5 Å². The van der Waals surface area contributed by atoms with E-state index in [4.69, 9.17) is 0 Å². The minimum absolute atomic E-state index is 0.00234. The second-order valence-electron chi connectivity index (χ2n) is 5.73. The summed E-state index contributed by atoms with van der Waals surface area (Å²) in [5.41, 5.74) is 0.200. The molecule has 3 nitrogen and oxygen atoms in total. The fourth-order valence-electron chi connectivity index (χ4n) is 1.88. The van der Waals surface area contributed by atoms with Gasteiger partial charge >= 0.3 is 0 Å². The van der Waals surface area contributed by atoms with E-state index in [0.29, 0.717) is 6.42 Å². The maximum absolute atomic E-state index is 11.6. The molecular formula is C12H23NO2. The number of amides is 1. The van der Waals surface area contributed by atoms with E-state index in [1.165, 1.54) is 0 Å². The van der Waals surface area contributed by atoms with Crippen LogP contribution in [0.3, 0.4) is 0 Å². The Balaban J connectivity index is 2.24. The lowest BCUT2D eigenvalue weighted by Crippen LogP contribution is -2.40. The third-order valence-corrected chi connectivity index (χ3v) is 2.93. The summed E-state index contributed by atoms with van der Waals surface area (Å²) in [6, 6.07) is -0.00234. The van der Waals surface area contributed by atoms with Crippen LogP contribution < -0.4 is 5.32 Å².